The van der Waals surface area contributed by atoms with Crippen LogP contribution in [-0.2, 0) is 55.8 Å². The summed E-state index contributed by atoms with van der Waals surface area (Å²) in [7, 11) is -12.3. The number of nitrogens with one attached hydrogen (secondary N) is 1. The Balaban J connectivity index is 0. The average Bonchev–Trinajstić information content (AvgIpc) is 1.12. The average molecular weight is 1510 g/mol. The van der Waals surface area contributed by atoms with Crippen molar-refractivity contribution in [3.63, 3.8) is 0 Å². The SMILES string of the molecule is CC(C)S(=O)(=O)c1ccc(N(C)C)nc1.CC(C)S(=O)(=O)c1ccc(N2CCCC2)nc1.CC(C)S(=O)(=O)c1ccc(OCc2ccccc2)cc1.CC(C)S(=O)(=O)c1ccc(Oc2ccccc2)cc1.CCC.CCC.CCC.CCC.CCC.CCCNc1ccc(S(=O)(=O)C(C)C)cc1. The van der Waals surface area contributed by atoms with Crippen LogP contribution in [-0.4, -0.2) is 112 Å². The van der Waals surface area contributed by atoms with E-state index in [2.05, 4.69) is 96.3 Å². The van der Waals surface area contributed by atoms with E-state index in [0.29, 0.717) is 37.7 Å². The molecule has 1 saturated heterocycles. The van der Waals surface area contributed by atoms with Crippen molar-refractivity contribution in [2.75, 3.05) is 48.8 Å². The summed E-state index contributed by atoms with van der Waals surface area (Å²) < 4.78 is 130. The number of pyridine rings is 2. The molecule has 7 aromatic rings. The van der Waals surface area contributed by atoms with Gasteiger partial charge in [0.15, 0.2) is 49.2 Å². The highest BCUT2D eigenvalue weighted by Gasteiger charge is 2.24. The van der Waals surface area contributed by atoms with E-state index in [1.807, 2.05) is 91.8 Å². The van der Waals surface area contributed by atoms with Crippen LogP contribution in [0.2, 0.25) is 0 Å². The van der Waals surface area contributed by atoms with Crippen molar-refractivity contribution >= 4 is 66.5 Å². The van der Waals surface area contributed by atoms with Gasteiger partial charge in [-0.05, 0) is 203 Å². The van der Waals surface area contributed by atoms with Crippen LogP contribution in [0.1, 0.15) is 202 Å². The summed E-state index contributed by atoms with van der Waals surface area (Å²) in [5.41, 5.74) is 2.04. The van der Waals surface area contributed by atoms with Gasteiger partial charge < -0.3 is 24.6 Å². The van der Waals surface area contributed by atoms with Gasteiger partial charge in [-0.1, -0.05) is 157 Å². The summed E-state index contributed by atoms with van der Waals surface area (Å²) in [6.07, 6.45) is 12.6. The molecule has 0 aliphatic carbocycles. The number of para-hydroxylation sites is 1. The number of sulfone groups is 5. The smallest absolute Gasteiger partial charge is 0.182 e. The Morgan fingerprint density at radius 3 is 1.03 bits per heavy atom. The Morgan fingerprint density at radius 1 is 0.392 bits per heavy atom. The Kier molecular flexibility index (Phi) is 49.7. The van der Waals surface area contributed by atoms with E-state index >= 15 is 0 Å². The van der Waals surface area contributed by atoms with E-state index in [4.69, 9.17) is 9.47 Å². The van der Waals surface area contributed by atoms with Gasteiger partial charge in [-0.3, -0.25) is 0 Å². The molecule has 0 radical (unpaired) electrons. The molecule has 0 amide bonds. The van der Waals surface area contributed by atoms with Gasteiger partial charge in [-0.15, -0.1) is 0 Å². The Hall–Kier alpha value is -6.85. The lowest BCUT2D eigenvalue weighted by atomic mass is 10.2. The lowest BCUT2D eigenvalue weighted by Crippen LogP contribution is -2.19. The van der Waals surface area contributed by atoms with Crippen molar-refractivity contribution in [2.24, 2.45) is 0 Å². The molecule has 8 rings (SSSR count). The van der Waals surface area contributed by atoms with Gasteiger partial charge >= 0.3 is 0 Å². The van der Waals surface area contributed by atoms with Gasteiger partial charge in [0.05, 0.1) is 50.7 Å². The summed E-state index contributed by atoms with van der Waals surface area (Å²) >= 11 is 0. The molecule has 2 aromatic heterocycles. The molecule has 0 bridgehead atoms. The normalized spacial score (nSPS) is 11.7. The lowest BCUT2D eigenvalue weighted by molar-refractivity contribution is 0.306. The molecule has 1 aliphatic rings. The van der Waals surface area contributed by atoms with Crippen LogP contribution in [0.5, 0.6) is 17.2 Å². The molecule has 0 saturated carbocycles. The van der Waals surface area contributed by atoms with Gasteiger partial charge in [0.1, 0.15) is 35.5 Å². The van der Waals surface area contributed by atoms with Gasteiger partial charge in [-0.2, -0.15) is 0 Å². The number of aromatic nitrogens is 2. The molecule has 5 aromatic carbocycles. The van der Waals surface area contributed by atoms with Gasteiger partial charge in [-0.25, -0.2) is 52.1 Å². The Morgan fingerprint density at radius 2 is 0.706 bits per heavy atom. The number of anilines is 3. The van der Waals surface area contributed by atoms with E-state index in [-0.39, 0.29) is 10.1 Å². The third kappa shape index (κ3) is 36.5. The highest BCUT2D eigenvalue weighted by atomic mass is 32.2. The Labute approximate surface area is 619 Å². The monoisotopic (exact) mass is 1510 g/mol. The third-order valence-corrected chi connectivity index (χ3v) is 24.2. The third-order valence-electron chi connectivity index (χ3n) is 13.4. The standard InChI is InChI=1S/C16H18O3S.C15H16O3S.C12H18N2O2S.C12H19NO2S.C10H16N2O2S.5C3H8/c1-13(2)20(17,18)16-10-8-15(9-11-16)19-12-14-6-4-3-5-7-14;1-12(2)19(16,17)15-10-8-14(9-11-15)18-13-6-4-3-5-7-13;1-10(2)17(15,16)11-5-6-12(13-9-11)14-7-3-4-8-14;1-4-9-13-11-5-7-12(8-6-11)16(14,15)10(2)3;1-8(2)15(13,14)9-5-6-10(11-7-9)12(3)4;5*1-3-2/h3-11,13H,12H2,1-2H3;3-12H,1-2H3;5-6,9-10H,3-4,7-8H2,1-2H3;5-8,10,13H,4,9H2,1-3H3;5-8H,1-4H3;5*3H2,1-2H3. The largest absolute Gasteiger partial charge is 0.489 e. The van der Waals surface area contributed by atoms with Gasteiger partial charge in [0, 0.05) is 51.8 Å². The lowest BCUT2D eigenvalue weighted by Gasteiger charge is -2.16. The maximum atomic E-state index is 12.0. The van der Waals surface area contributed by atoms with E-state index in [1.165, 1.54) is 57.3 Å². The second kappa shape index (κ2) is 52.2. The molecular formula is C80H127N5O12S5. The molecule has 1 aliphatic heterocycles. The predicted octanol–water partition coefficient (Wildman–Crippen LogP) is 20.1. The van der Waals surface area contributed by atoms with Gasteiger partial charge in [0.25, 0.3) is 0 Å². The number of hydrogen-bond acceptors (Lipinski definition) is 17. The number of rotatable bonds is 20. The quantitative estimate of drug-likeness (QED) is 0.0747. The van der Waals surface area contributed by atoms with Crippen LogP contribution in [0, 0.1) is 0 Å². The zero-order chi connectivity index (χ0) is 78.3. The van der Waals surface area contributed by atoms with Crippen LogP contribution >= 0.6 is 0 Å². The maximum absolute atomic E-state index is 12.0. The fraction of sp³-hybridized carbons (Fsp3) is 0.500. The summed E-state index contributed by atoms with van der Waals surface area (Å²) in [6, 6.07) is 46.0. The van der Waals surface area contributed by atoms with Crippen LogP contribution in [0.15, 0.2) is 195 Å². The predicted molar refractivity (Wildman–Crippen MR) is 431 cm³/mol. The van der Waals surface area contributed by atoms with Crippen molar-refractivity contribution in [1.29, 1.82) is 0 Å². The van der Waals surface area contributed by atoms with Crippen molar-refractivity contribution in [3.05, 3.63) is 176 Å². The van der Waals surface area contributed by atoms with Crippen molar-refractivity contribution in [3.8, 4) is 17.2 Å². The Bertz CT molecular complexity index is 3840. The first-order chi connectivity index (χ1) is 47.9. The molecule has 22 heteroatoms. The molecule has 0 spiro atoms. The second-order valence-corrected chi connectivity index (χ2v) is 37.9. The van der Waals surface area contributed by atoms with Gasteiger partial charge in [0.2, 0.25) is 0 Å². The number of nitrogens with zero attached hydrogens (tertiary/aromatic N) is 4. The minimum absolute atomic E-state index is 0.281. The summed E-state index contributed by atoms with van der Waals surface area (Å²) in [5.74, 6) is 3.63. The molecule has 102 heavy (non-hydrogen) atoms. The fourth-order valence-electron chi connectivity index (χ4n) is 7.66. The van der Waals surface area contributed by atoms with E-state index in [0.717, 1.165) is 54.7 Å². The topological polar surface area (TPSA) is 233 Å². The summed E-state index contributed by atoms with van der Waals surface area (Å²) in [6.45, 7) is 43.5. The van der Waals surface area contributed by atoms with Crippen LogP contribution in [0.4, 0.5) is 17.3 Å². The van der Waals surface area contributed by atoms with E-state index in [9.17, 15) is 42.1 Å². The molecule has 0 unspecified atom stereocenters. The first kappa shape index (κ1) is 97.2. The number of benzene rings is 5. The van der Waals surface area contributed by atoms with Crippen LogP contribution < -0.4 is 24.6 Å². The van der Waals surface area contributed by atoms with Crippen molar-refractivity contribution in [1.82, 2.24) is 9.97 Å². The minimum Gasteiger partial charge on any atom is -0.489 e. The van der Waals surface area contributed by atoms with Crippen molar-refractivity contribution < 1.29 is 51.6 Å². The maximum Gasteiger partial charge on any atom is 0.182 e. The molecule has 574 valence electrons. The summed E-state index contributed by atoms with van der Waals surface area (Å²) in [5, 5.41) is 1.18. The molecule has 17 nitrogen and oxygen atoms in total. The fourth-order valence-corrected chi connectivity index (χ4v) is 12.8. The highest BCUT2D eigenvalue weighted by molar-refractivity contribution is 7.93. The molecule has 0 atom stereocenters. The molecule has 3 heterocycles. The zero-order valence-corrected chi connectivity index (χ0v) is 69.8. The van der Waals surface area contributed by atoms with Crippen LogP contribution in [0.3, 0.4) is 0 Å². The van der Waals surface area contributed by atoms with E-state index in [1.54, 1.807) is 154 Å². The molecular weight excluding hydrogens is 1380 g/mol. The van der Waals surface area contributed by atoms with Crippen molar-refractivity contribution in [2.45, 2.75) is 254 Å². The first-order valence-electron chi connectivity index (χ1n) is 35.9. The molecule has 1 N–H and O–H groups in total. The molecule has 1 fully saturated rings. The highest BCUT2D eigenvalue weighted by Crippen LogP contribution is 2.26. The zero-order valence-electron chi connectivity index (χ0n) is 65.8. The number of hydrogen-bond donors (Lipinski definition) is 1. The number of ether oxygens (including phenoxy) is 2. The minimum atomic E-state index is -3.22. The summed E-state index contributed by atoms with van der Waals surface area (Å²) in [4.78, 5) is 14.0. The first-order valence-corrected chi connectivity index (χ1v) is 43.6. The van der Waals surface area contributed by atoms with E-state index < -0.39 is 70.2 Å². The van der Waals surface area contributed by atoms with Crippen LogP contribution in [0.25, 0.3) is 0 Å². The second-order valence-electron chi connectivity index (χ2n) is 25.4.